The van der Waals surface area contributed by atoms with Gasteiger partial charge in [-0.1, -0.05) is 32.0 Å². The predicted molar refractivity (Wildman–Crippen MR) is 111 cm³/mol. The number of nitrogens with zero attached hydrogens (tertiary/aromatic N) is 1. The van der Waals surface area contributed by atoms with Gasteiger partial charge in [-0.2, -0.15) is 0 Å². The molecule has 0 heterocycles. The third-order valence-corrected chi connectivity index (χ3v) is 4.58. The largest absolute Gasteiger partial charge is 0.493 e. The maximum Gasteiger partial charge on any atom is 0.244 e. The quantitative estimate of drug-likeness (QED) is 0.751. The first-order valence-electron chi connectivity index (χ1n) is 9.35. The molecule has 0 spiro atoms. The topological polar surface area (TPSA) is 67.9 Å². The van der Waals surface area contributed by atoms with Gasteiger partial charge in [-0.15, -0.1) is 0 Å². The number of nitrogens with one attached hydrogen (secondary N) is 1. The van der Waals surface area contributed by atoms with Gasteiger partial charge in [0.15, 0.2) is 11.5 Å². The zero-order chi connectivity index (χ0) is 20.7. The lowest BCUT2D eigenvalue weighted by Crippen LogP contribution is -2.38. The minimum Gasteiger partial charge on any atom is -0.493 e. The van der Waals surface area contributed by atoms with Gasteiger partial charge < -0.3 is 19.7 Å². The fourth-order valence-corrected chi connectivity index (χ4v) is 3.17. The van der Waals surface area contributed by atoms with E-state index < -0.39 is 0 Å². The standard InChI is InChI=1S/C22H28N2O4/c1-6-16-9-8-10-17(7-2)22(16)24(15(3)25)14-21(26)23-18-11-12-19(27-4)20(13-18)28-5/h8-13H,6-7,14H2,1-5H3,(H,23,26). The van der Waals surface area contributed by atoms with Crippen LogP contribution < -0.4 is 19.7 Å². The fourth-order valence-electron chi connectivity index (χ4n) is 3.17. The van der Waals surface area contributed by atoms with Crippen molar-refractivity contribution in [3.8, 4) is 11.5 Å². The highest BCUT2D eigenvalue weighted by Crippen LogP contribution is 2.30. The lowest BCUT2D eigenvalue weighted by Gasteiger charge is -2.26. The maximum atomic E-state index is 12.7. The monoisotopic (exact) mass is 384 g/mol. The normalized spacial score (nSPS) is 10.3. The van der Waals surface area contributed by atoms with E-state index in [4.69, 9.17) is 9.47 Å². The molecular formula is C22H28N2O4. The van der Waals surface area contributed by atoms with E-state index in [-0.39, 0.29) is 18.4 Å². The van der Waals surface area contributed by atoms with E-state index in [0.717, 1.165) is 29.7 Å². The van der Waals surface area contributed by atoms with Gasteiger partial charge in [-0.05, 0) is 36.1 Å². The Morgan fingerprint density at radius 3 is 2.07 bits per heavy atom. The molecule has 0 atom stereocenters. The van der Waals surface area contributed by atoms with Crippen LogP contribution in [0.25, 0.3) is 0 Å². The average Bonchev–Trinajstić information content (AvgIpc) is 2.71. The molecular weight excluding hydrogens is 356 g/mol. The van der Waals surface area contributed by atoms with Crippen LogP contribution in [0.15, 0.2) is 36.4 Å². The number of hydrogen-bond donors (Lipinski definition) is 1. The number of hydrogen-bond acceptors (Lipinski definition) is 4. The first-order valence-corrected chi connectivity index (χ1v) is 9.35. The highest BCUT2D eigenvalue weighted by Gasteiger charge is 2.21. The number of amides is 2. The molecule has 150 valence electrons. The molecule has 0 bridgehead atoms. The molecule has 0 saturated heterocycles. The third-order valence-electron chi connectivity index (χ3n) is 4.58. The lowest BCUT2D eigenvalue weighted by molar-refractivity contribution is -0.120. The number of carbonyl (C=O) groups is 2. The van der Waals surface area contributed by atoms with Crippen molar-refractivity contribution in [3.63, 3.8) is 0 Å². The summed E-state index contributed by atoms with van der Waals surface area (Å²) < 4.78 is 10.5. The van der Waals surface area contributed by atoms with Crippen LogP contribution in [0.4, 0.5) is 11.4 Å². The van der Waals surface area contributed by atoms with Gasteiger partial charge in [0, 0.05) is 18.7 Å². The molecule has 0 aliphatic carbocycles. The smallest absolute Gasteiger partial charge is 0.244 e. The second-order valence-electron chi connectivity index (χ2n) is 6.36. The van der Waals surface area contributed by atoms with Crippen molar-refractivity contribution >= 4 is 23.2 Å². The third kappa shape index (κ3) is 4.82. The summed E-state index contributed by atoms with van der Waals surface area (Å²) in [6, 6.07) is 11.1. The number of carbonyl (C=O) groups excluding carboxylic acids is 2. The number of methoxy groups -OCH3 is 2. The van der Waals surface area contributed by atoms with Gasteiger partial charge in [0.05, 0.1) is 19.9 Å². The molecule has 6 nitrogen and oxygen atoms in total. The summed E-state index contributed by atoms with van der Waals surface area (Å²) in [7, 11) is 3.09. The Labute approximate surface area is 166 Å². The Hall–Kier alpha value is -3.02. The van der Waals surface area contributed by atoms with Crippen LogP contribution in [0.1, 0.15) is 31.9 Å². The van der Waals surface area contributed by atoms with E-state index in [1.165, 1.54) is 14.0 Å². The molecule has 0 fully saturated rings. The van der Waals surface area contributed by atoms with Gasteiger partial charge in [-0.3, -0.25) is 9.59 Å². The van der Waals surface area contributed by atoms with E-state index in [1.54, 1.807) is 30.2 Å². The van der Waals surface area contributed by atoms with Crippen LogP contribution in [0, 0.1) is 0 Å². The van der Waals surface area contributed by atoms with Gasteiger partial charge in [-0.25, -0.2) is 0 Å². The molecule has 6 heteroatoms. The molecule has 2 amide bonds. The van der Waals surface area contributed by atoms with Crippen molar-refractivity contribution in [2.75, 3.05) is 31.0 Å². The summed E-state index contributed by atoms with van der Waals surface area (Å²) in [5.74, 6) is 0.650. The molecule has 2 aromatic carbocycles. The van der Waals surface area contributed by atoms with Crippen LogP contribution in [0.5, 0.6) is 11.5 Å². The van der Waals surface area contributed by atoms with Crippen molar-refractivity contribution in [2.24, 2.45) is 0 Å². The first kappa shape index (κ1) is 21.3. The predicted octanol–water partition coefficient (Wildman–Crippen LogP) is 3.82. The summed E-state index contributed by atoms with van der Waals surface area (Å²) in [4.78, 5) is 26.6. The number of benzene rings is 2. The Kier molecular flexibility index (Phi) is 7.44. The summed E-state index contributed by atoms with van der Waals surface area (Å²) in [5.41, 5.74) is 3.51. The Morgan fingerprint density at radius 1 is 0.964 bits per heavy atom. The second-order valence-corrected chi connectivity index (χ2v) is 6.36. The van der Waals surface area contributed by atoms with Crippen molar-refractivity contribution < 1.29 is 19.1 Å². The summed E-state index contributed by atoms with van der Waals surface area (Å²) in [6.07, 6.45) is 1.56. The molecule has 0 radical (unpaired) electrons. The van der Waals surface area contributed by atoms with Crippen molar-refractivity contribution in [1.29, 1.82) is 0 Å². The molecule has 28 heavy (non-hydrogen) atoms. The second kappa shape index (κ2) is 9.78. The number of ether oxygens (including phenoxy) is 2. The Morgan fingerprint density at radius 2 is 1.57 bits per heavy atom. The van der Waals surface area contributed by atoms with E-state index in [1.807, 2.05) is 32.0 Å². The van der Waals surface area contributed by atoms with Gasteiger partial charge >= 0.3 is 0 Å². The van der Waals surface area contributed by atoms with Crippen molar-refractivity contribution in [1.82, 2.24) is 0 Å². The Balaban J connectivity index is 2.26. The zero-order valence-corrected chi connectivity index (χ0v) is 17.2. The SMILES string of the molecule is CCc1cccc(CC)c1N(CC(=O)Nc1ccc(OC)c(OC)c1)C(C)=O. The Bertz CT molecular complexity index is 826. The summed E-state index contributed by atoms with van der Waals surface area (Å²) in [6.45, 7) is 5.50. The molecule has 0 saturated carbocycles. The van der Waals surface area contributed by atoms with E-state index in [0.29, 0.717) is 17.2 Å². The highest BCUT2D eigenvalue weighted by atomic mass is 16.5. The molecule has 0 unspecified atom stereocenters. The first-order chi connectivity index (χ1) is 13.4. The van der Waals surface area contributed by atoms with E-state index >= 15 is 0 Å². The lowest BCUT2D eigenvalue weighted by atomic mass is 10.0. The van der Waals surface area contributed by atoms with Crippen LogP contribution in [0.2, 0.25) is 0 Å². The molecule has 1 N–H and O–H groups in total. The maximum absolute atomic E-state index is 12.7. The van der Waals surface area contributed by atoms with Crippen LogP contribution in [-0.4, -0.2) is 32.6 Å². The minimum atomic E-state index is -0.282. The minimum absolute atomic E-state index is 0.0618. The fraction of sp³-hybridized carbons (Fsp3) is 0.364. The van der Waals surface area contributed by atoms with Crippen LogP contribution in [-0.2, 0) is 22.4 Å². The van der Waals surface area contributed by atoms with E-state index in [2.05, 4.69) is 5.32 Å². The number of rotatable bonds is 8. The molecule has 2 rings (SSSR count). The number of anilines is 2. The molecule has 0 aliphatic heterocycles. The summed E-state index contributed by atoms with van der Waals surface area (Å²) in [5, 5.41) is 2.83. The van der Waals surface area contributed by atoms with Gasteiger partial charge in [0.1, 0.15) is 6.54 Å². The van der Waals surface area contributed by atoms with Gasteiger partial charge in [0.2, 0.25) is 11.8 Å². The van der Waals surface area contributed by atoms with Crippen LogP contribution >= 0.6 is 0 Å². The number of aryl methyl sites for hydroxylation is 2. The summed E-state index contributed by atoms with van der Waals surface area (Å²) >= 11 is 0. The van der Waals surface area contributed by atoms with Crippen molar-refractivity contribution in [2.45, 2.75) is 33.6 Å². The zero-order valence-electron chi connectivity index (χ0n) is 17.2. The molecule has 0 aliphatic rings. The van der Waals surface area contributed by atoms with Gasteiger partial charge in [0.25, 0.3) is 0 Å². The van der Waals surface area contributed by atoms with Crippen molar-refractivity contribution in [3.05, 3.63) is 47.5 Å². The number of para-hydroxylation sites is 1. The molecule has 2 aromatic rings. The highest BCUT2D eigenvalue weighted by molar-refractivity contribution is 6.02. The average molecular weight is 384 g/mol. The van der Waals surface area contributed by atoms with E-state index in [9.17, 15) is 9.59 Å². The van der Waals surface area contributed by atoms with Crippen LogP contribution in [0.3, 0.4) is 0 Å². The molecule has 0 aromatic heterocycles.